The normalized spacial score (nSPS) is 11.4. The van der Waals surface area contributed by atoms with Gasteiger partial charge >= 0.3 is 5.97 Å². The van der Waals surface area contributed by atoms with Crippen molar-refractivity contribution in [2.45, 2.75) is 13.0 Å². The Balaban J connectivity index is 1.73. The van der Waals surface area contributed by atoms with Crippen LogP contribution in [-0.2, 0) is 9.53 Å². The Hall–Kier alpha value is -4.20. The summed E-state index contributed by atoms with van der Waals surface area (Å²) in [4.78, 5) is 35.2. The molecule has 0 aromatic heterocycles. The number of nitrogens with two attached hydrogens (primary N) is 1. The number of anilines is 2. The zero-order chi connectivity index (χ0) is 21.7. The number of nitrogens with zero attached hydrogens (tertiary/aromatic N) is 1. The number of ether oxygens (including phenoxy) is 1. The van der Waals surface area contributed by atoms with E-state index < -0.39 is 28.6 Å². The average Bonchev–Trinajstić information content (AvgIpc) is 2.74. The van der Waals surface area contributed by atoms with Crippen molar-refractivity contribution in [3.05, 3.63) is 88.5 Å². The second kappa shape index (κ2) is 8.87. The van der Waals surface area contributed by atoms with Gasteiger partial charge in [-0.25, -0.2) is 4.79 Å². The van der Waals surface area contributed by atoms with Gasteiger partial charge in [0.05, 0.1) is 10.5 Å². The summed E-state index contributed by atoms with van der Waals surface area (Å²) < 4.78 is 5.18. The first-order chi connectivity index (χ1) is 14.4. The van der Waals surface area contributed by atoms with E-state index in [4.69, 9.17) is 10.5 Å². The van der Waals surface area contributed by atoms with E-state index >= 15 is 0 Å². The van der Waals surface area contributed by atoms with Gasteiger partial charge in [-0.05, 0) is 30.7 Å². The number of carbonyl (C=O) groups excluding carboxylic acids is 2. The van der Waals surface area contributed by atoms with Crippen LogP contribution in [0.4, 0.5) is 17.1 Å². The molecule has 0 aliphatic heterocycles. The number of nitro benzene ring substituents is 1. The van der Waals surface area contributed by atoms with Crippen LogP contribution < -0.4 is 11.1 Å². The molecular weight excluding hydrogens is 386 g/mol. The first-order valence-corrected chi connectivity index (χ1v) is 9.07. The van der Waals surface area contributed by atoms with Crippen LogP contribution >= 0.6 is 0 Å². The zero-order valence-corrected chi connectivity index (χ0v) is 16.1. The summed E-state index contributed by atoms with van der Waals surface area (Å²) in [5, 5.41) is 13.7. The van der Waals surface area contributed by atoms with E-state index in [1.165, 1.54) is 19.1 Å². The van der Waals surface area contributed by atoms with Crippen molar-refractivity contribution < 1.29 is 19.2 Å². The van der Waals surface area contributed by atoms with Gasteiger partial charge in [0, 0.05) is 17.3 Å². The lowest BCUT2D eigenvalue weighted by Gasteiger charge is -2.16. The molecular formula is C22H19N3O5. The lowest BCUT2D eigenvalue weighted by Crippen LogP contribution is -2.30. The Bertz CT molecular complexity index is 1100. The number of carbonyl (C=O) groups is 2. The number of nitrogen functional groups attached to an aromatic ring is 1. The minimum absolute atomic E-state index is 0.0692. The highest BCUT2D eigenvalue weighted by Crippen LogP contribution is 2.28. The molecule has 0 saturated carbocycles. The Kier molecular flexibility index (Phi) is 6.07. The second-order valence-electron chi connectivity index (χ2n) is 6.48. The van der Waals surface area contributed by atoms with Crippen molar-refractivity contribution in [3.63, 3.8) is 0 Å². The van der Waals surface area contributed by atoms with Crippen LogP contribution in [0.3, 0.4) is 0 Å². The highest BCUT2D eigenvalue weighted by molar-refractivity contribution is 6.00. The SMILES string of the molecule is C[C@H](OC(=O)c1ccc(N)c([N+](=O)[O-])c1)C(=O)Nc1ccccc1-c1ccccc1. The van der Waals surface area contributed by atoms with Gasteiger partial charge in [0.15, 0.2) is 6.10 Å². The number of amides is 1. The molecule has 1 amide bonds. The standard InChI is InChI=1S/C22H19N3O5/c1-14(30-22(27)16-11-12-18(23)20(13-16)25(28)29)21(26)24-19-10-6-5-9-17(19)15-7-3-2-4-8-15/h2-14H,23H2,1H3,(H,24,26)/t14-/m0/s1. The van der Waals surface area contributed by atoms with Crippen LogP contribution in [0.25, 0.3) is 11.1 Å². The maximum atomic E-state index is 12.6. The first-order valence-electron chi connectivity index (χ1n) is 9.07. The molecule has 0 spiro atoms. The summed E-state index contributed by atoms with van der Waals surface area (Å²) in [6, 6.07) is 20.4. The largest absolute Gasteiger partial charge is 0.449 e. The molecule has 3 rings (SSSR count). The smallest absolute Gasteiger partial charge is 0.339 e. The van der Waals surface area contributed by atoms with Gasteiger partial charge in [0.1, 0.15) is 5.69 Å². The molecule has 30 heavy (non-hydrogen) atoms. The highest BCUT2D eigenvalue weighted by Gasteiger charge is 2.22. The summed E-state index contributed by atoms with van der Waals surface area (Å²) in [6.45, 7) is 1.42. The van der Waals surface area contributed by atoms with Crippen molar-refractivity contribution in [1.29, 1.82) is 0 Å². The molecule has 0 fully saturated rings. The van der Waals surface area contributed by atoms with E-state index in [1.54, 1.807) is 12.1 Å². The molecule has 0 bridgehead atoms. The number of rotatable bonds is 6. The predicted octanol–water partition coefficient (Wildman–Crippen LogP) is 4.03. The van der Waals surface area contributed by atoms with Crippen LogP contribution in [0.15, 0.2) is 72.8 Å². The quantitative estimate of drug-likeness (QED) is 0.276. The second-order valence-corrected chi connectivity index (χ2v) is 6.48. The Morgan fingerprint density at radius 3 is 2.40 bits per heavy atom. The van der Waals surface area contributed by atoms with Crippen LogP contribution in [0, 0.1) is 10.1 Å². The van der Waals surface area contributed by atoms with E-state index in [0.717, 1.165) is 17.2 Å². The molecule has 0 radical (unpaired) electrons. The lowest BCUT2D eigenvalue weighted by molar-refractivity contribution is -0.383. The van der Waals surface area contributed by atoms with Crippen LogP contribution in [0.1, 0.15) is 17.3 Å². The fourth-order valence-corrected chi connectivity index (χ4v) is 2.81. The predicted molar refractivity (Wildman–Crippen MR) is 113 cm³/mol. The topological polar surface area (TPSA) is 125 Å². The zero-order valence-electron chi connectivity index (χ0n) is 16.1. The van der Waals surface area contributed by atoms with Gasteiger partial charge in [-0.3, -0.25) is 14.9 Å². The van der Waals surface area contributed by atoms with Crippen molar-refractivity contribution in [2.24, 2.45) is 0 Å². The third-order valence-corrected chi connectivity index (χ3v) is 4.39. The maximum absolute atomic E-state index is 12.6. The number of nitrogens with one attached hydrogen (secondary N) is 1. The van der Waals surface area contributed by atoms with Gasteiger partial charge in [-0.2, -0.15) is 0 Å². The Morgan fingerprint density at radius 2 is 1.70 bits per heavy atom. The third kappa shape index (κ3) is 4.61. The summed E-state index contributed by atoms with van der Waals surface area (Å²) >= 11 is 0. The molecule has 8 heteroatoms. The molecule has 0 heterocycles. The Labute approximate surface area is 172 Å². The Morgan fingerprint density at radius 1 is 1.03 bits per heavy atom. The number of hydrogen-bond acceptors (Lipinski definition) is 6. The van der Waals surface area contributed by atoms with Gasteiger partial charge in [-0.15, -0.1) is 0 Å². The fraction of sp³-hybridized carbons (Fsp3) is 0.0909. The molecule has 0 aliphatic rings. The van der Waals surface area contributed by atoms with Crippen molar-refractivity contribution in [1.82, 2.24) is 0 Å². The van der Waals surface area contributed by atoms with Gasteiger partial charge in [0.2, 0.25) is 0 Å². The number of benzene rings is 3. The van der Waals surface area contributed by atoms with Crippen molar-refractivity contribution in [3.8, 4) is 11.1 Å². The molecule has 8 nitrogen and oxygen atoms in total. The molecule has 0 aliphatic carbocycles. The number of esters is 1. The van der Waals surface area contributed by atoms with Gasteiger partial charge < -0.3 is 15.8 Å². The monoisotopic (exact) mass is 405 g/mol. The van der Waals surface area contributed by atoms with E-state index in [0.29, 0.717) is 5.69 Å². The van der Waals surface area contributed by atoms with Crippen molar-refractivity contribution in [2.75, 3.05) is 11.1 Å². The molecule has 3 aromatic rings. The van der Waals surface area contributed by atoms with Crippen molar-refractivity contribution >= 4 is 28.9 Å². The number of hydrogen-bond donors (Lipinski definition) is 2. The van der Waals surface area contributed by atoms with E-state index in [2.05, 4.69) is 5.32 Å². The minimum Gasteiger partial charge on any atom is -0.449 e. The van der Waals surface area contributed by atoms with E-state index in [-0.39, 0.29) is 11.3 Å². The summed E-state index contributed by atoms with van der Waals surface area (Å²) in [7, 11) is 0. The van der Waals surface area contributed by atoms with Crippen LogP contribution in [0.5, 0.6) is 0 Å². The van der Waals surface area contributed by atoms with Gasteiger partial charge in [0.25, 0.3) is 11.6 Å². The van der Waals surface area contributed by atoms with E-state index in [1.807, 2.05) is 42.5 Å². The molecule has 0 unspecified atom stereocenters. The first kappa shape index (κ1) is 20.5. The molecule has 0 saturated heterocycles. The fourth-order valence-electron chi connectivity index (χ4n) is 2.81. The van der Waals surface area contributed by atoms with E-state index in [9.17, 15) is 19.7 Å². The lowest BCUT2D eigenvalue weighted by atomic mass is 10.0. The number of para-hydroxylation sites is 1. The third-order valence-electron chi connectivity index (χ3n) is 4.39. The summed E-state index contributed by atoms with van der Waals surface area (Å²) in [5.41, 5.74) is 7.30. The molecule has 1 atom stereocenters. The summed E-state index contributed by atoms with van der Waals surface area (Å²) in [6.07, 6.45) is -1.13. The maximum Gasteiger partial charge on any atom is 0.339 e. The number of nitro groups is 1. The van der Waals surface area contributed by atoms with Crippen LogP contribution in [-0.4, -0.2) is 22.9 Å². The summed E-state index contributed by atoms with van der Waals surface area (Å²) in [5.74, 6) is -1.39. The minimum atomic E-state index is -1.13. The molecule has 3 aromatic carbocycles. The molecule has 3 N–H and O–H groups in total. The highest BCUT2D eigenvalue weighted by atomic mass is 16.6. The molecule has 152 valence electrons. The van der Waals surface area contributed by atoms with Gasteiger partial charge in [-0.1, -0.05) is 48.5 Å². The van der Waals surface area contributed by atoms with Crippen LogP contribution in [0.2, 0.25) is 0 Å². The average molecular weight is 405 g/mol.